The monoisotopic (exact) mass is 351 g/mol. The lowest BCUT2D eigenvalue weighted by atomic mass is 10.1. The lowest BCUT2D eigenvalue weighted by molar-refractivity contribution is -0.384. The highest BCUT2D eigenvalue weighted by molar-refractivity contribution is 5.77. The van der Waals surface area contributed by atoms with Crippen LogP contribution in [0.3, 0.4) is 0 Å². The van der Waals surface area contributed by atoms with Gasteiger partial charge in [-0.25, -0.2) is 0 Å². The maximum absolute atomic E-state index is 10.7. The molecule has 0 spiro atoms. The number of para-hydroxylation sites is 1. The molecule has 0 aliphatic rings. The number of benzene rings is 2. The highest BCUT2D eigenvalue weighted by atomic mass is 16.6. The molecular formula is C19H17N3O4. The van der Waals surface area contributed by atoms with E-state index in [1.807, 2.05) is 24.3 Å². The van der Waals surface area contributed by atoms with Crippen LogP contribution in [0.5, 0.6) is 5.75 Å². The summed E-state index contributed by atoms with van der Waals surface area (Å²) in [6.45, 7) is 0.524. The van der Waals surface area contributed by atoms with E-state index in [0.29, 0.717) is 18.1 Å². The molecule has 1 aromatic heterocycles. The molecule has 7 heteroatoms. The Kier molecular flexibility index (Phi) is 5.28. The lowest BCUT2D eigenvalue weighted by Gasteiger charge is -2.06. The van der Waals surface area contributed by atoms with Crippen LogP contribution in [-0.2, 0) is 6.54 Å². The van der Waals surface area contributed by atoms with Crippen molar-refractivity contribution in [2.75, 3.05) is 7.11 Å². The van der Waals surface area contributed by atoms with Crippen LogP contribution in [0.25, 0.3) is 11.3 Å². The summed E-state index contributed by atoms with van der Waals surface area (Å²) in [5, 5.41) is 14.8. The molecule has 1 N–H and O–H groups in total. The summed E-state index contributed by atoms with van der Waals surface area (Å²) in [6, 6.07) is 17.5. The van der Waals surface area contributed by atoms with E-state index < -0.39 is 4.92 Å². The van der Waals surface area contributed by atoms with Crippen LogP contribution in [0.4, 0.5) is 5.69 Å². The van der Waals surface area contributed by atoms with Crippen LogP contribution in [0.1, 0.15) is 11.3 Å². The molecule has 7 nitrogen and oxygen atoms in total. The molecular weight excluding hydrogens is 334 g/mol. The van der Waals surface area contributed by atoms with Gasteiger partial charge >= 0.3 is 0 Å². The summed E-state index contributed by atoms with van der Waals surface area (Å²) in [6.07, 6.45) is 1.57. The van der Waals surface area contributed by atoms with E-state index in [9.17, 15) is 10.1 Å². The number of hydrazone groups is 1. The second-order valence-electron chi connectivity index (χ2n) is 5.41. The molecule has 0 amide bonds. The predicted molar refractivity (Wildman–Crippen MR) is 98.2 cm³/mol. The van der Waals surface area contributed by atoms with Crippen molar-refractivity contribution in [2.45, 2.75) is 6.54 Å². The molecule has 0 unspecified atom stereocenters. The number of furan rings is 1. The third-order valence-corrected chi connectivity index (χ3v) is 3.73. The van der Waals surface area contributed by atoms with E-state index in [0.717, 1.165) is 16.9 Å². The SMILES string of the molecule is COc1ccccc1CN/N=C\c1ccc(-c2ccc([N+](=O)[O-])cc2)o1. The minimum Gasteiger partial charge on any atom is -0.496 e. The third-order valence-electron chi connectivity index (χ3n) is 3.73. The summed E-state index contributed by atoms with van der Waals surface area (Å²) < 4.78 is 11.0. The van der Waals surface area contributed by atoms with Gasteiger partial charge in [0.05, 0.1) is 24.8 Å². The van der Waals surface area contributed by atoms with Crippen LogP contribution >= 0.6 is 0 Å². The molecule has 26 heavy (non-hydrogen) atoms. The Bertz CT molecular complexity index is 917. The number of methoxy groups -OCH3 is 1. The van der Waals surface area contributed by atoms with E-state index in [-0.39, 0.29) is 5.69 Å². The van der Waals surface area contributed by atoms with Gasteiger partial charge in [0.1, 0.15) is 17.3 Å². The fourth-order valence-corrected chi connectivity index (χ4v) is 2.41. The van der Waals surface area contributed by atoms with Crippen molar-refractivity contribution in [2.24, 2.45) is 5.10 Å². The van der Waals surface area contributed by atoms with E-state index in [4.69, 9.17) is 9.15 Å². The smallest absolute Gasteiger partial charge is 0.269 e. The normalized spacial score (nSPS) is 10.8. The molecule has 0 radical (unpaired) electrons. The van der Waals surface area contributed by atoms with Gasteiger partial charge in [0, 0.05) is 23.3 Å². The molecule has 0 aliphatic carbocycles. The molecule has 132 valence electrons. The van der Waals surface area contributed by atoms with Crippen LogP contribution in [0.15, 0.2) is 70.2 Å². The van der Waals surface area contributed by atoms with E-state index >= 15 is 0 Å². The van der Waals surface area contributed by atoms with Crippen molar-refractivity contribution in [1.29, 1.82) is 0 Å². The number of nitrogens with one attached hydrogen (secondary N) is 1. The highest BCUT2D eigenvalue weighted by Crippen LogP contribution is 2.24. The van der Waals surface area contributed by atoms with Crippen LogP contribution in [0, 0.1) is 10.1 Å². The van der Waals surface area contributed by atoms with E-state index in [1.54, 1.807) is 37.6 Å². The first kappa shape index (κ1) is 17.2. The van der Waals surface area contributed by atoms with Crippen molar-refractivity contribution in [3.63, 3.8) is 0 Å². The molecule has 0 aliphatic heterocycles. The zero-order chi connectivity index (χ0) is 18.4. The number of hydrogen-bond donors (Lipinski definition) is 1. The van der Waals surface area contributed by atoms with Crippen molar-refractivity contribution < 1.29 is 14.1 Å². The Morgan fingerprint density at radius 2 is 1.92 bits per heavy atom. The number of non-ortho nitro benzene ring substituents is 1. The Morgan fingerprint density at radius 1 is 1.15 bits per heavy atom. The number of nitrogens with zero attached hydrogens (tertiary/aromatic N) is 2. The summed E-state index contributed by atoms with van der Waals surface area (Å²) in [4.78, 5) is 10.3. The van der Waals surface area contributed by atoms with Gasteiger partial charge in [-0.2, -0.15) is 5.10 Å². The van der Waals surface area contributed by atoms with Gasteiger partial charge in [-0.1, -0.05) is 18.2 Å². The second-order valence-corrected chi connectivity index (χ2v) is 5.41. The third kappa shape index (κ3) is 4.07. The van der Waals surface area contributed by atoms with Gasteiger partial charge in [0.25, 0.3) is 5.69 Å². The molecule has 2 aromatic carbocycles. The Hall–Kier alpha value is -3.61. The topological polar surface area (TPSA) is 89.9 Å². The van der Waals surface area contributed by atoms with Crippen molar-refractivity contribution >= 4 is 11.9 Å². The summed E-state index contributed by atoms with van der Waals surface area (Å²) in [7, 11) is 1.63. The first-order valence-electron chi connectivity index (χ1n) is 7.90. The number of hydrogen-bond acceptors (Lipinski definition) is 6. The van der Waals surface area contributed by atoms with Gasteiger partial charge in [-0.15, -0.1) is 0 Å². The largest absolute Gasteiger partial charge is 0.496 e. The summed E-state index contributed by atoms with van der Waals surface area (Å²) in [5.74, 6) is 1.99. The lowest BCUT2D eigenvalue weighted by Crippen LogP contribution is -2.06. The van der Waals surface area contributed by atoms with Crippen LogP contribution in [0.2, 0.25) is 0 Å². The maximum Gasteiger partial charge on any atom is 0.269 e. The number of nitro benzene ring substituents is 1. The fraction of sp³-hybridized carbons (Fsp3) is 0.105. The standard InChI is InChI=1S/C19H17N3O4/c1-25-18-5-3-2-4-15(18)12-20-21-13-17-10-11-19(26-17)14-6-8-16(9-7-14)22(23)24/h2-11,13,20H,12H2,1H3/b21-13-. The minimum atomic E-state index is -0.433. The molecule has 0 saturated carbocycles. The van der Waals surface area contributed by atoms with Gasteiger partial charge in [0.2, 0.25) is 0 Å². The molecule has 0 bridgehead atoms. The van der Waals surface area contributed by atoms with Gasteiger partial charge in [-0.05, 0) is 30.3 Å². The fourth-order valence-electron chi connectivity index (χ4n) is 2.41. The first-order chi connectivity index (χ1) is 12.7. The average Bonchev–Trinajstić information content (AvgIpc) is 3.14. The highest BCUT2D eigenvalue weighted by Gasteiger charge is 2.08. The predicted octanol–water partition coefficient (Wildman–Crippen LogP) is 3.99. The van der Waals surface area contributed by atoms with Crippen LogP contribution < -0.4 is 10.2 Å². The molecule has 3 aromatic rings. The summed E-state index contributed by atoms with van der Waals surface area (Å²) >= 11 is 0. The average molecular weight is 351 g/mol. The molecule has 1 heterocycles. The van der Waals surface area contributed by atoms with E-state index in [2.05, 4.69) is 10.5 Å². The van der Waals surface area contributed by atoms with Gasteiger partial charge in [-0.3, -0.25) is 10.1 Å². The first-order valence-corrected chi connectivity index (χ1v) is 7.90. The second kappa shape index (κ2) is 7.98. The maximum atomic E-state index is 10.7. The summed E-state index contributed by atoms with van der Waals surface area (Å²) in [5.41, 5.74) is 4.75. The Labute approximate surface area is 150 Å². The molecule has 3 rings (SSSR count). The zero-order valence-corrected chi connectivity index (χ0v) is 14.1. The Morgan fingerprint density at radius 3 is 2.65 bits per heavy atom. The van der Waals surface area contributed by atoms with E-state index in [1.165, 1.54) is 12.1 Å². The number of nitro groups is 1. The van der Waals surface area contributed by atoms with Gasteiger partial charge < -0.3 is 14.6 Å². The van der Waals surface area contributed by atoms with Gasteiger partial charge in [0.15, 0.2) is 0 Å². The van der Waals surface area contributed by atoms with Crippen molar-refractivity contribution in [3.05, 3.63) is 82.1 Å². The quantitative estimate of drug-likeness (QED) is 0.395. The van der Waals surface area contributed by atoms with Crippen molar-refractivity contribution in [3.8, 4) is 17.1 Å². The molecule has 0 fully saturated rings. The minimum absolute atomic E-state index is 0.0441. The Balaban J connectivity index is 1.61. The van der Waals surface area contributed by atoms with Crippen LogP contribution in [-0.4, -0.2) is 18.2 Å². The number of rotatable bonds is 7. The molecule has 0 saturated heterocycles. The zero-order valence-electron chi connectivity index (χ0n) is 14.1. The number of ether oxygens (including phenoxy) is 1. The van der Waals surface area contributed by atoms with Crippen molar-refractivity contribution in [1.82, 2.24) is 5.43 Å². The molecule has 0 atom stereocenters.